The Morgan fingerprint density at radius 1 is 0.500 bits per heavy atom. The molecule has 0 saturated carbocycles. The third kappa shape index (κ3) is 5.11. The SMILES string of the molecule is O=C(O)c1cc(OCc2ccc3ccc4c(COc5cc(C(=O)O)nc(C(=O)O)c5)ccc5ccc2c3c54)cc(C(=O)O)n1. The molecule has 12 nitrogen and oxygen atoms in total. The minimum absolute atomic E-state index is 0.0200. The van der Waals surface area contributed by atoms with Crippen molar-refractivity contribution in [2.75, 3.05) is 0 Å². The number of rotatable bonds is 10. The summed E-state index contributed by atoms with van der Waals surface area (Å²) >= 11 is 0. The van der Waals surface area contributed by atoms with Gasteiger partial charge in [-0.1, -0.05) is 48.5 Å². The van der Waals surface area contributed by atoms with Crippen molar-refractivity contribution < 1.29 is 49.1 Å². The van der Waals surface area contributed by atoms with Crippen molar-refractivity contribution in [2.45, 2.75) is 13.2 Å². The summed E-state index contributed by atoms with van der Waals surface area (Å²) < 4.78 is 11.7. The number of pyridine rings is 2. The van der Waals surface area contributed by atoms with Crippen molar-refractivity contribution in [2.24, 2.45) is 0 Å². The van der Waals surface area contributed by atoms with Gasteiger partial charge in [-0.05, 0) is 43.4 Å². The number of aromatic nitrogens is 2. The highest BCUT2D eigenvalue weighted by Gasteiger charge is 2.18. The smallest absolute Gasteiger partial charge is 0.354 e. The van der Waals surface area contributed by atoms with Crippen LogP contribution in [0.2, 0.25) is 0 Å². The molecule has 0 unspecified atom stereocenters. The zero-order valence-electron chi connectivity index (χ0n) is 22.5. The molecule has 0 spiro atoms. The van der Waals surface area contributed by atoms with E-state index in [1.807, 2.05) is 48.5 Å². The van der Waals surface area contributed by atoms with Gasteiger partial charge >= 0.3 is 23.9 Å². The van der Waals surface area contributed by atoms with Gasteiger partial charge in [0.2, 0.25) is 0 Å². The van der Waals surface area contributed by atoms with Crippen molar-refractivity contribution in [3.63, 3.8) is 0 Å². The summed E-state index contributed by atoms with van der Waals surface area (Å²) in [6, 6.07) is 20.1. The number of carboxylic acid groups (broad SMARTS) is 4. The first-order valence-corrected chi connectivity index (χ1v) is 13.0. The van der Waals surface area contributed by atoms with Gasteiger partial charge in [-0.2, -0.15) is 0 Å². The van der Waals surface area contributed by atoms with E-state index in [-0.39, 0.29) is 24.7 Å². The van der Waals surface area contributed by atoms with Crippen LogP contribution < -0.4 is 9.47 Å². The van der Waals surface area contributed by atoms with Gasteiger partial charge < -0.3 is 29.9 Å². The van der Waals surface area contributed by atoms with Crippen molar-refractivity contribution in [1.82, 2.24) is 9.97 Å². The monoisotopic (exact) mass is 592 g/mol. The lowest BCUT2D eigenvalue weighted by atomic mass is 9.90. The van der Waals surface area contributed by atoms with Crippen LogP contribution in [-0.4, -0.2) is 54.3 Å². The number of aromatic carboxylic acids is 4. The molecular formula is C32H20N2O10. The molecule has 218 valence electrons. The van der Waals surface area contributed by atoms with Crippen LogP contribution in [0.25, 0.3) is 32.3 Å². The van der Waals surface area contributed by atoms with Gasteiger partial charge in [0, 0.05) is 24.3 Å². The van der Waals surface area contributed by atoms with Crippen molar-refractivity contribution in [1.29, 1.82) is 0 Å². The predicted molar refractivity (Wildman–Crippen MR) is 155 cm³/mol. The second-order valence-corrected chi connectivity index (χ2v) is 9.82. The van der Waals surface area contributed by atoms with Gasteiger partial charge in [0.25, 0.3) is 0 Å². The number of carboxylic acids is 4. The van der Waals surface area contributed by atoms with E-state index < -0.39 is 46.7 Å². The Kier molecular flexibility index (Phi) is 6.86. The van der Waals surface area contributed by atoms with Crippen molar-refractivity contribution in [3.05, 3.63) is 107 Å². The molecule has 6 rings (SSSR count). The number of hydrogen-bond donors (Lipinski definition) is 4. The molecule has 0 aliphatic heterocycles. The average Bonchev–Trinajstić information content (AvgIpc) is 3.01. The minimum Gasteiger partial charge on any atom is -0.489 e. The number of nitrogens with zero attached hydrogens (tertiary/aromatic N) is 2. The molecule has 0 fully saturated rings. The van der Waals surface area contributed by atoms with Crippen LogP contribution in [0, 0.1) is 0 Å². The van der Waals surface area contributed by atoms with E-state index in [4.69, 9.17) is 9.47 Å². The molecule has 0 bridgehead atoms. The largest absolute Gasteiger partial charge is 0.489 e. The average molecular weight is 593 g/mol. The molecule has 0 aliphatic carbocycles. The first kappa shape index (κ1) is 27.8. The summed E-state index contributed by atoms with van der Waals surface area (Å²) in [5, 5.41) is 42.8. The third-order valence-electron chi connectivity index (χ3n) is 7.11. The zero-order chi connectivity index (χ0) is 31.1. The van der Waals surface area contributed by atoms with E-state index in [2.05, 4.69) is 9.97 Å². The van der Waals surface area contributed by atoms with E-state index in [1.165, 1.54) is 24.3 Å². The molecule has 0 aliphatic rings. The quantitative estimate of drug-likeness (QED) is 0.150. The summed E-state index contributed by atoms with van der Waals surface area (Å²) in [6.45, 7) is 0.0399. The van der Waals surface area contributed by atoms with E-state index in [1.54, 1.807) is 0 Å². The Bertz CT molecular complexity index is 1940. The molecule has 0 saturated heterocycles. The Morgan fingerprint density at radius 2 is 0.818 bits per heavy atom. The Balaban J connectivity index is 1.36. The third-order valence-corrected chi connectivity index (χ3v) is 7.11. The molecule has 0 atom stereocenters. The normalized spacial score (nSPS) is 11.2. The fourth-order valence-corrected chi connectivity index (χ4v) is 5.11. The van der Waals surface area contributed by atoms with E-state index in [9.17, 15) is 39.6 Å². The van der Waals surface area contributed by atoms with Crippen LogP contribution >= 0.6 is 0 Å². The lowest BCUT2D eigenvalue weighted by molar-refractivity contribution is 0.0663. The lowest BCUT2D eigenvalue weighted by Crippen LogP contribution is -2.09. The fourth-order valence-electron chi connectivity index (χ4n) is 5.11. The number of hydrogen-bond acceptors (Lipinski definition) is 8. The van der Waals surface area contributed by atoms with Gasteiger partial charge in [0.05, 0.1) is 0 Å². The van der Waals surface area contributed by atoms with Gasteiger partial charge in [0.15, 0.2) is 22.8 Å². The summed E-state index contributed by atoms with van der Waals surface area (Å²) in [4.78, 5) is 53.0. The Labute approximate surface area is 246 Å². The molecule has 0 radical (unpaired) electrons. The summed E-state index contributed by atoms with van der Waals surface area (Å²) in [6.07, 6.45) is 0. The van der Waals surface area contributed by atoms with Gasteiger partial charge in [-0.25, -0.2) is 29.1 Å². The molecule has 0 amide bonds. The summed E-state index contributed by atoms with van der Waals surface area (Å²) in [5.41, 5.74) is -0.243. The first-order valence-electron chi connectivity index (χ1n) is 13.0. The second-order valence-electron chi connectivity index (χ2n) is 9.82. The zero-order valence-corrected chi connectivity index (χ0v) is 22.5. The number of carbonyl (C=O) groups is 4. The summed E-state index contributed by atoms with van der Waals surface area (Å²) in [7, 11) is 0. The first-order chi connectivity index (χ1) is 21.1. The Morgan fingerprint density at radius 3 is 1.14 bits per heavy atom. The standard InChI is InChI=1S/C32H20N2O10/c35-29(36)23-9-19(10-24(33-23)30(37)38)43-13-17-3-1-15-5-7-22-18(4-2-16-6-8-21(17)27(15)28(16)22)14-44-20-11-25(31(39)40)34-26(12-20)32(41)42/h1-12H,13-14H2,(H,35,36)(H,37,38)(H,39,40)(H,41,42). The van der Waals surface area contributed by atoms with Crippen LogP contribution in [0.3, 0.4) is 0 Å². The Hall–Kier alpha value is -6.30. The van der Waals surface area contributed by atoms with Gasteiger partial charge in [-0.15, -0.1) is 0 Å². The number of benzene rings is 4. The van der Waals surface area contributed by atoms with Crippen LogP contribution in [0.4, 0.5) is 0 Å². The molecule has 4 aromatic carbocycles. The predicted octanol–water partition coefficient (Wildman–Crippen LogP) is 5.32. The molecule has 6 aromatic rings. The van der Waals surface area contributed by atoms with E-state index in [0.29, 0.717) is 0 Å². The molecule has 12 heteroatoms. The van der Waals surface area contributed by atoms with Gasteiger partial charge in [-0.3, -0.25) is 0 Å². The molecule has 44 heavy (non-hydrogen) atoms. The maximum atomic E-state index is 11.4. The molecule has 2 aromatic heterocycles. The van der Waals surface area contributed by atoms with E-state index in [0.717, 1.165) is 43.4 Å². The van der Waals surface area contributed by atoms with Crippen molar-refractivity contribution >= 4 is 56.2 Å². The fraction of sp³-hybridized carbons (Fsp3) is 0.0625. The molecule has 2 heterocycles. The van der Waals surface area contributed by atoms with Crippen molar-refractivity contribution in [3.8, 4) is 11.5 Å². The van der Waals surface area contributed by atoms with Crippen LogP contribution in [0.15, 0.2) is 72.8 Å². The molecule has 4 N–H and O–H groups in total. The minimum atomic E-state index is -1.38. The molecular weight excluding hydrogens is 572 g/mol. The van der Waals surface area contributed by atoms with Crippen LogP contribution in [0.1, 0.15) is 53.1 Å². The summed E-state index contributed by atoms with van der Waals surface area (Å²) in [5.74, 6) is -5.42. The highest BCUT2D eigenvalue weighted by molar-refractivity contribution is 6.24. The lowest BCUT2D eigenvalue weighted by Gasteiger charge is -2.17. The maximum Gasteiger partial charge on any atom is 0.354 e. The topological polar surface area (TPSA) is 193 Å². The van der Waals surface area contributed by atoms with Crippen LogP contribution in [-0.2, 0) is 13.2 Å². The highest BCUT2D eigenvalue weighted by atomic mass is 16.5. The maximum absolute atomic E-state index is 11.4. The second kappa shape index (κ2) is 10.8. The van der Waals surface area contributed by atoms with E-state index >= 15 is 0 Å². The van der Waals surface area contributed by atoms with Gasteiger partial charge in [0.1, 0.15) is 24.7 Å². The highest BCUT2D eigenvalue weighted by Crippen LogP contribution is 2.38. The van der Waals surface area contributed by atoms with Crippen LogP contribution in [0.5, 0.6) is 11.5 Å². The number of ether oxygens (including phenoxy) is 2.